The van der Waals surface area contributed by atoms with E-state index in [-0.39, 0.29) is 17.2 Å². The highest BCUT2D eigenvalue weighted by molar-refractivity contribution is 6.36. The van der Waals surface area contributed by atoms with Gasteiger partial charge in [0.25, 0.3) is 0 Å². The molecular formula is C26H24ClFN4O. The number of hydrogen-bond donors (Lipinski definition) is 0. The van der Waals surface area contributed by atoms with Crippen molar-refractivity contribution in [2.24, 2.45) is 11.8 Å². The second kappa shape index (κ2) is 7.80. The Morgan fingerprint density at radius 2 is 1.91 bits per heavy atom. The minimum absolute atomic E-state index is 0.165. The highest BCUT2D eigenvalue weighted by Crippen LogP contribution is 2.41. The maximum absolute atomic E-state index is 16.1. The largest absolute Gasteiger partial charge is 0.467 e. The first-order chi connectivity index (χ1) is 16.0. The molecule has 2 aromatic carbocycles. The summed E-state index contributed by atoms with van der Waals surface area (Å²) in [6, 6.07) is 9.82. The van der Waals surface area contributed by atoms with Crippen molar-refractivity contribution in [3.05, 3.63) is 52.9 Å². The first kappa shape index (κ1) is 20.6. The Morgan fingerprint density at radius 1 is 1.12 bits per heavy atom. The molecule has 1 saturated carbocycles. The summed E-state index contributed by atoms with van der Waals surface area (Å²) >= 11 is 6.54. The fourth-order valence-corrected chi connectivity index (χ4v) is 5.93. The fraction of sp³-hybridized carbons (Fsp3) is 0.346. The van der Waals surface area contributed by atoms with Crippen LogP contribution in [-0.2, 0) is 0 Å². The number of piperidine rings is 1. The number of methoxy groups -OCH3 is 1. The van der Waals surface area contributed by atoms with Crippen molar-refractivity contribution in [1.29, 1.82) is 0 Å². The molecule has 0 spiro atoms. The molecule has 168 valence electrons. The quantitative estimate of drug-likeness (QED) is 0.363. The van der Waals surface area contributed by atoms with E-state index in [1.165, 1.54) is 26.4 Å². The monoisotopic (exact) mass is 462 g/mol. The van der Waals surface area contributed by atoms with Gasteiger partial charge >= 0.3 is 6.01 Å². The molecule has 2 aromatic heterocycles. The number of ether oxygens (including phenoxy) is 1. The molecule has 0 amide bonds. The summed E-state index contributed by atoms with van der Waals surface area (Å²) in [5.41, 5.74) is 2.12. The van der Waals surface area contributed by atoms with E-state index in [0.717, 1.165) is 29.4 Å². The van der Waals surface area contributed by atoms with Gasteiger partial charge in [-0.25, -0.2) is 4.39 Å². The summed E-state index contributed by atoms with van der Waals surface area (Å²) in [6.45, 7) is 3.83. The van der Waals surface area contributed by atoms with Crippen LogP contribution in [0.2, 0.25) is 5.02 Å². The van der Waals surface area contributed by atoms with Crippen LogP contribution in [0.15, 0.2) is 36.5 Å². The number of aryl methyl sites for hydroxylation is 1. The zero-order chi connectivity index (χ0) is 22.7. The molecule has 2 atom stereocenters. The molecule has 2 unspecified atom stereocenters. The summed E-state index contributed by atoms with van der Waals surface area (Å²) < 4.78 is 21.5. The molecule has 0 radical (unpaired) electrons. The Kier molecular flexibility index (Phi) is 4.87. The second-order valence-corrected chi connectivity index (χ2v) is 9.72. The van der Waals surface area contributed by atoms with Gasteiger partial charge in [0.15, 0.2) is 5.82 Å². The van der Waals surface area contributed by atoms with E-state index >= 15 is 4.39 Å². The van der Waals surface area contributed by atoms with E-state index in [0.29, 0.717) is 33.6 Å². The Balaban J connectivity index is 1.57. The predicted molar refractivity (Wildman–Crippen MR) is 130 cm³/mol. The molecular weight excluding hydrogens is 439 g/mol. The van der Waals surface area contributed by atoms with Crippen LogP contribution in [0.3, 0.4) is 0 Å². The van der Waals surface area contributed by atoms with E-state index in [9.17, 15) is 0 Å². The molecule has 3 heterocycles. The maximum Gasteiger partial charge on any atom is 0.318 e. The third-order valence-electron chi connectivity index (χ3n) is 7.06. The third-order valence-corrected chi connectivity index (χ3v) is 7.37. The normalized spacial score (nSPS) is 20.1. The third kappa shape index (κ3) is 3.39. The van der Waals surface area contributed by atoms with Crippen molar-refractivity contribution in [2.75, 3.05) is 25.1 Å². The molecule has 1 aliphatic heterocycles. The van der Waals surface area contributed by atoms with Crippen LogP contribution in [-0.4, -0.2) is 35.2 Å². The zero-order valence-corrected chi connectivity index (χ0v) is 19.4. The van der Waals surface area contributed by atoms with E-state index in [1.54, 1.807) is 6.20 Å². The first-order valence-electron chi connectivity index (χ1n) is 11.4. The average Bonchev–Trinajstić information content (AvgIpc) is 3.15. The molecule has 2 bridgehead atoms. The summed E-state index contributed by atoms with van der Waals surface area (Å²) in [7, 11) is 1.51. The average molecular weight is 463 g/mol. The first-order valence-corrected chi connectivity index (χ1v) is 11.7. The van der Waals surface area contributed by atoms with Crippen molar-refractivity contribution < 1.29 is 9.13 Å². The lowest BCUT2D eigenvalue weighted by molar-refractivity contribution is 0.378. The van der Waals surface area contributed by atoms with Crippen molar-refractivity contribution in [1.82, 2.24) is 15.0 Å². The SMILES string of the molecule is COc1nc(N2CC3CCC(C3)C2)c2cnc(-c3cc(C)cc4cccc(Cl)c34)c(F)c2n1. The predicted octanol–water partition coefficient (Wildman–Crippen LogP) is 6.19. The summed E-state index contributed by atoms with van der Waals surface area (Å²) in [4.78, 5) is 15.9. The molecule has 4 aromatic rings. The number of pyridine rings is 1. The highest BCUT2D eigenvalue weighted by Gasteiger charge is 2.34. The molecule has 7 heteroatoms. The van der Waals surface area contributed by atoms with Gasteiger partial charge in [-0.15, -0.1) is 0 Å². The number of rotatable bonds is 3. The van der Waals surface area contributed by atoms with Crippen LogP contribution in [0, 0.1) is 24.6 Å². The highest BCUT2D eigenvalue weighted by atomic mass is 35.5. The number of aromatic nitrogens is 3. The molecule has 2 fully saturated rings. The van der Waals surface area contributed by atoms with Crippen LogP contribution in [0.4, 0.5) is 10.2 Å². The Bertz CT molecular complexity index is 1400. The number of benzene rings is 2. The number of anilines is 1. The van der Waals surface area contributed by atoms with Crippen molar-refractivity contribution in [2.45, 2.75) is 26.2 Å². The van der Waals surface area contributed by atoms with Crippen LogP contribution in [0.5, 0.6) is 6.01 Å². The molecule has 5 nitrogen and oxygen atoms in total. The number of hydrogen-bond acceptors (Lipinski definition) is 5. The summed E-state index contributed by atoms with van der Waals surface area (Å²) in [6.07, 6.45) is 5.47. The van der Waals surface area contributed by atoms with Crippen LogP contribution < -0.4 is 9.64 Å². The minimum atomic E-state index is -0.485. The number of halogens is 2. The van der Waals surface area contributed by atoms with Gasteiger partial charge in [-0.1, -0.05) is 29.8 Å². The van der Waals surface area contributed by atoms with Crippen LogP contribution in [0.1, 0.15) is 24.8 Å². The zero-order valence-electron chi connectivity index (χ0n) is 18.6. The molecule has 1 saturated heterocycles. The van der Waals surface area contributed by atoms with Crippen molar-refractivity contribution in [3.8, 4) is 17.3 Å². The summed E-state index contributed by atoms with van der Waals surface area (Å²) in [5, 5.41) is 2.91. The van der Waals surface area contributed by atoms with E-state index in [2.05, 4.69) is 19.9 Å². The number of nitrogens with zero attached hydrogens (tertiary/aromatic N) is 4. The van der Waals surface area contributed by atoms with Gasteiger partial charge in [-0.2, -0.15) is 9.97 Å². The molecule has 0 N–H and O–H groups in total. The van der Waals surface area contributed by atoms with Crippen molar-refractivity contribution >= 4 is 39.1 Å². The van der Waals surface area contributed by atoms with E-state index in [1.807, 2.05) is 37.3 Å². The van der Waals surface area contributed by atoms with Gasteiger partial charge in [-0.05, 0) is 61.1 Å². The number of fused-ring (bicyclic) bond motifs is 4. The van der Waals surface area contributed by atoms with Gasteiger partial charge < -0.3 is 9.64 Å². The van der Waals surface area contributed by atoms with Gasteiger partial charge in [0.05, 0.1) is 12.5 Å². The maximum atomic E-state index is 16.1. The minimum Gasteiger partial charge on any atom is -0.467 e. The topological polar surface area (TPSA) is 51.1 Å². The van der Waals surface area contributed by atoms with Gasteiger partial charge in [0.1, 0.15) is 17.0 Å². The van der Waals surface area contributed by atoms with Crippen LogP contribution in [0.25, 0.3) is 32.9 Å². The lowest BCUT2D eigenvalue weighted by Gasteiger charge is -2.33. The standard InChI is InChI=1S/C26H24ClFN4O/c1-14-8-17-4-3-5-20(27)21(17)18(9-14)23-22(28)24-19(11-29-23)25(31-26(30-24)33-2)32-12-15-6-7-16(10-15)13-32/h3-5,8-9,11,15-16H,6-7,10,12-13H2,1-2H3. The lowest BCUT2D eigenvalue weighted by atomic mass is 9.97. The van der Waals surface area contributed by atoms with E-state index in [4.69, 9.17) is 16.3 Å². The smallest absolute Gasteiger partial charge is 0.318 e. The Hall–Kier alpha value is -2.99. The molecule has 2 aliphatic rings. The molecule has 6 rings (SSSR count). The van der Waals surface area contributed by atoms with Crippen molar-refractivity contribution in [3.63, 3.8) is 0 Å². The fourth-order valence-electron chi connectivity index (χ4n) is 5.64. The second-order valence-electron chi connectivity index (χ2n) is 9.32. The Morgan fingerprint density at radius 3 is 2.67 bits per heavy atom. The van der Waals surface area contributed by atoms with Gasteiger partial charge in [-0.3, -0.25) is 4.98 Å². The van der Waals surface area contributed by atoms with Gasteiger partial charge in [0, 0.05) is 35.3 Å². The van der Waals surface area contributed by atoms with Gasteiger partial charge in [0.2, 0.25) is 0 Å². The Labute approximate surface area is 196 Å². The van der Waals surface area contributed by atoms with E-state index < -0.39 is 5.82 Å². The van der Waals surface area contributed by atoms with Crippen LogP contribution >= 0.6 is 11.6 Å². The summed E-state index contributed by atoms with van der Waals surface area (Å²) in [5.74, 6) is 1.55. The molecule has 1 aliphatic carbocycles. The molecule has 33 heavy (non-hydrogen) atoms. The lowest BCUT2D eigenvalue weighted by Crippen LogP contribution is -2.37.